The zero-order valence-electron chi connectivity index (χ0n) is 9.52. The van der Waals surface area contributed by atoms with Crippen LogP contribution < -0.4 is 0 Å². The van der Waals surface area contributed by atoms with Crippen LogP contribution in [0.15, 0.2) is 0 Å². The highest BCUT2D eigenvalue weighted by Crippen LogP contribution is 2.48. The van der Waals surface area contributed by atoms with Gasteiger partial charge in [0, 0.05) is 11.8 Å². The summed E-state index contributed by atoms with van der Waals surface area (Å²) in [5, 5.41) is 0. The van der Waals surface area contributed by atoms with Gasteiger partial charge in [-0.25, -0.2) is 0 Å². The Morgan fingerprint density at radius 1 is 1.33 bits per heavy atom. The zero-order valence-corrected chi connectivity index (χ0v) is 10.3. The first kappa shape index (κ1) is 12.6. The average molecular weight is 234 g/mol. The Kier molecular flexibility index (Phi) is 3.00. The Morgan fingerprint density at radius 3 is 2.07 bits per heavy atom. The van der Waals surface area contributed by atoms with E-state index in [9.17, 15) is 13.2 Å². The summed E-state index contributed by atoms with van der Waals surface area (Å²) in [5.41, 5.74) is -0.202. The lowest BCUT2D eigenvalue weighted by atomic mass is 9.76. The van der Waals surface area contributed by atoms with Crippen LogP contribution in [0.3, 0.4) is 0 Å². The van der Waals surface area contributed by atoms with E-state index in [0.29, 0.717) is 0 Å². The van der Waals surface area contributed by atoms with E-state index in [2.05, 4.69) is 0 Å². The zero-order chi connectivity index (χ0) is 12.0. The van der Waals surface area contributed by atoms with Crippen molar-refractivity contribution in [2.24, 2.45) is 23.2 Å². The molecule has 5 heteroatoms. The van der Waals surface area contributed by atoms with Crippen molar-refractivity contribution in [3.63, 3.8) is 0 Å². The monoisotopic (exact) mass is 234 g/mol. The molecular weight excluding hydrogens is 216 g/mol. The van der Waals surface area contributed by atoms with Crippen molar-refractivity contribution in [1.82, 2.24) is 0 Å². The number of carbonyl (C=O) groups is 1. The molecular formula is C10H18O4S. The first-order valence-corrected chi connectivity index (χ1v) is 6.67. The number of Topliss-reactive ketones (excluding diaryl/α,β-unsaturated/α-hetero) is 1. The van der Waals surface area contributed by atoms with Gasteiger partial charge in [-0.3, -0.25) is 9.35 Å². The van der Waals surface area contributed by atoms with Crippen molar-refractivity contribution in [3.8, 4) is 0 Å². The maximum atomic E-state index is 11.8. The van der Waals surface area contributed by atoms with Gasteiger partial charge in [0.1, 0.15) is 5.78 Å². The molecule has 88 valence electrons. The van der Waals surface area contributed by atoms with Gasteiger partial charge in [0.15, 0.2) is 0 Å². The quantitative estimate of drug-likeness (QED) is 0.732. The summed E-state index contributed by atoms with van der Waals surface area (Å²) in [6.07, 6.45) is 0. The van der Waals surface area contributed by atoms with E-state index >= 15 is 0 Å². The van der Waals surface area contributed by atoms with Crippen LogP contribution >= 0.6 is 0 Å². The average Bonchev–Trinajstić information content (AvgIpc) is 2.18. The molecule has 3 atom stereocenters. The van der Waals surface area contributed by atoms with Crippen LogP contribution in [0.4, 0.5) is 0 Å². The van der Waals surface area contributed by atoms with Crippen molar-refractivity contribution < 1.29 is 17.8 Å². The Morgan fingerprint density at radius 2 is 1.80 bits per heavy atom. The van der Waals surface area contributed by atoms with Gasteiger partial charge < -0.3 is 0 Å². The van der Waals surface area contributed by atoms with Crippen molar-refractivity contribution in [2.75, 3.05) is 5.75 Å². The molecule has 0 aromatic heterocycles. The second-order valence-corrected chi connectivity index (χ2v) is 6.59. The lowest BCUT2D eigenvalue weighted by Gasteiger charge is -2.28. The topological polar surface area (TPSA) is 71.4 Å². The number of carbonyl (C=O) groups excluding carboxylic acids is 1. The molecule has 15 heavy (non-hydrogen) atoms. The molecule has 0 amide bonds. The van der Waals surface area contributed by atoms with Gasteiger partial charge in [0.25, 0.3) is 10.1 Å². The van der Waals surface area contributed by atoms with Gasteiger partial charge in [-0.15, -0.1) is 0 Å². The van der Waals surface area contributed by atoms with E-state index in [4.69, 9.17) is 4.55 Å². The Bertz CT molecular complexity index is 369. The fourth-order valence-electron chi connectivity index (χ4n) is 2.30. The fourth-order valence-corrected chi connectivity index (χ4v) is 3.21. The minimum atomic E-state index is -4.07. The van der Waals surface area contributed by atoms with E-state index < -0.39 is 21.8 Å². The third-order valence-electron chi connectivity index (χ3n) is 4.08. The summed E-state index contributed by atoms with van der Waals surface area (Å²) in [4.78, 5) is 11.8. The summed E-state index contributed by atoms with van der Waals surface area (Å²) in [7, 11) is -4.07. The van der Waals surface area contributed by atoms with Crippen LogP contribution in [0, 0.1) is 23.2 Å². The van der Waals surface area contributed by atoms with Gasteiger partial charge >= 0.3 is 0 Å². The maximum Gasteiger partial charge on any atom is 0.265 e. The number of rotatable bonds is 2. The third-order valence-corrected chi connectivity index (χ3v) is 4.86. The van der Waals surface area contributed by atoms with Gasteiger partial charge in [-0.05, 0) is 11.3 Å². The molecule has 0 aromatic carbocycles. The van der Waals surface area contributed by atoms with E-state index in [1.165, 1.54) is 0 Å². The normalized spacial score (nSPS) is 35.8. The molecule has 0 heterocycles. The summed E-state index contributed by atoms with van der Waals surface area (Å²) >= 11 is 0. The van der Waals surface area contributed by atoms with Crippen LogP contribution in [-0.2, 0) is 14.9 Å². The largest absolute Gasteiger partial charge is 0.299 e. The molecule has 0 saturated heterocycles. The number of ketones is 1. The fraction of sp³-hybridized carbons (Fsp3) is 0.900. The summed E-state index contributed by atoms with van der Waals surface area (Å²) in [5.74, 6) is -1.24. The van der Waals surface area contributed by atoms with Crippen molar-refractivity contribution in [3.05, 3.63) is 0 Å². The van der Waals surface area contributed by atoms with Gasteiger partial charge in [-0.2, -0.15) is 8.42 Å². The molecule has 4 nitrogen and oxygen atoms in total. The first-order chi connectivity index (χ1) is 6.57. The van der Waals surface area contributed by atoms with Gasteiger partial charge in [0.2, 0.25) is 0 Å². The molecule has 0 bridgehead atoms. The molecule has 1 rings (SSSR count). The van der Waals surface area contributed by atoms with Gasteiger partial charge in [0.05, 0.1) is 5.75 Å². The summed E-state index contributed by atoms with van der Waals surface area (Å²) in [6.45, 7) is 7.62. The smallest absolute Gasteiger partial charge is 0.265 e. The molecule has 0 spiro atoms. The Hall–Kier alpha value is -0.420. The van der Waals surface area contributed by atoms with Crippen molar-refractivity contribution >= 4 is 15.9 Å². The SMILES string of the molecule is CC1C(=O)C(CS(=O)(=O)O)C(C)C1(C)C. The molecule has 1 N–H and O–H groups in total. The van der Waals surface area contributed by atoms with Crippen molar-refractivity contribution in [2.45, 2.75) is 27.7 Å². The predicted octanol–water partition coefficient (Wildman–Crippen LogP) is 1.37. The third kappa shape index (κ3) is 2.23. The van der Waals surface area contributed by atoms with Crippen LogP contribution in [0.2, 0.25) is 0 Å². The van der Waals surface area contributed by atoms with Crippen LogP contribution in [0.25, 0.3) is 0 Å². The highest BCUT2D eigenvalue weighted by molar-refractivity contribution is 7.85. The molecule has 3 unspecified atom stereocenters. The minimum absolute atomic E-state index is 0.0260. The van der Waals surface area contributed by atoms with Crippen LogP contribution in [0.1, 0.15) is 27.7 Å². The summed E-state index contributed by atoms with van der Waals surface area (Å²) in [6, 6.07) is 0. The van der Waals surface area contributed by atoms with Crippen LogP contribution in [-0.4, -0.2) is 24.5 Å². The summed E-state index contributed by atoms with van der Waals surface area (Å²) < 4.78 is 30.4. The Labute approximate surface area is 90.8 Å². The highest BCUT2D eigenvalue weighted by atomic mass is 32.2. The Balaban J connectivity index is 2.99. The number of hydrogen-bond acceptors (Lipinski definition) is 3. The molecule has 1 aliphatic rings. The molecule has 1 aliphatic carbocycles. The second-order valence-electron chi connectivity index (χ2n) is 5.09. The first-order valence-electron chi connectivity index (χ1n) is 5.06. The highest BCUT2D eigenvalue weighted by Gasteiger charge is 2.51. The van der Waals surface area contributed by atoms with E-state index in [1.807, 2.05) is 27.7 Å². The molecule has 1 fully saturated rings. The number of hydrogen-bond donors (Lipinski definition) is 1. The van der Waals surface area contributed by atoms with Gasteiger partial charge in [-0.1, -0.05) is 27.7 Å². The molecule has 0 radical (unpaired) electrons. The maximum absolute atomic E-state index is 11.8. The molecule has 0 aromatic rings. The van der Waals surface area contributed by atoms with E-state index in [1.54, 1.807) is 0 Å². The second kappa shape index (κ2) is 3.56. The molecule has 0 aliphatic heterocycles. The van der Waals surface area contributed by atoms with Crippen molar-refractivity contribution in [1.29, 1.82) is 0 Å². The lowest BCUT2D eigenvalue weighted by Crippen LogP contribution is -2.26. The lowest BCUT2D eigenvalue weighted by molar-refractivity contribution is -0.123. The molecule has 1 saturated carbocycles. The van der Waals surface area contributed by atoms with E-state index in [-0.39, 0.29) is 23.0 Å². The predicted molar refractivity (Wildman–Crippen MR) is 57.0 cm³/mol. The minimum Gasteiger partial charge on any atom is -0.299 e. The van der Waals surface area contributed by atoms with Crippen LogP contribution in [0.5, 0.6) is 0 Å². The van der Waals surface area contributed by atoms with E-state index in [0.717, 1.165) is 0 Å². The standard InChI is InChI=1S/C10H18O4S/c1-6-8(5-15(12,13)14)9(11)7(2)10(6,3)4/h6-8H,5H2,1-4H3,(H,12,13,14).